The molecule has 0 aromatic rings. The molecule has 1 atom stereocenters. The van der Waals surface area contributed by atoms with Gasteiger partial charge in [0, 0.05) is 46.4 Å². The Bertz CT molecular complexity index is 330. The van der Waals surface area contributed by atoms with E-state index < -0.39 is 6.04 Å². The Labute approximate surface area is 126 Å². The lowest BCUT2D eigenvalue weighted by Gasteiger charge is -2.35. The molecule has 1 fully saturated rings. The number of ether oxygens (including phenoxy) is 1. The fourth-order valence-corrected chi connectivity index (χ4v) is 2.25. The zero-order valence-electron chi connectivity index (χ0n) is 13.1. The maximum absolute atomic E-state index is 12.1. The molecule has 0 spiro atoms. The first kappa shape index (κ1) is 17.9. The molecular formula is C14H28N4O3. The number of piperazine rings is 1. The Morgan fingerprint density at radius 3 is 2.52 bits per heavy atom. The highest BCUT2D eigenvalue weighted by molar-refractivity contribution is 5.82. The summed E-state index contributed by atoms with van der Waals surface area (Å²) in [5.74, 6) is 0.0237. The van der Waals surface area contributed by atoms with Gasteiger partial charge in [-0.2, -0.15) is 0 Å². The number of methoxy groups -OCH3 is 1. The Morgan fingerprint density at radius 2 is 1.95 bits per heavy atom. The number of carbonyl (C=O) groups is 2. The van der Waals surface area contributed by atoms with Gasteiger partial charge in [-0.05, 0) is 12.8 Å². The van der Waals surface area contributed by atoms with Crippen LogP contribution in [0.2, 0.25) is 0 Å². The molecule has 0 radical (unpaired) electrons. The number of hydrogen-bond acceptors (Lipinski definition) is 5. The lowest BCUT2D eigenvalue weighted by atomic mass is 10.2. The second kappa shape index (κ2) is 9.70. The first-order valence-corrected chi connectivity index (χ1v) is 7.60. The van der Waals surface area contributed by atoms with Gasteiger partial charge in [0.1, 0.15) is 0 Å². The predicted molar refractivity (Wildman–Crippen MR) is 80.8 cm³/mol. The molecule has 0 aromatic carbocycles. The van der Waals surface area contributed by atoms with E-state index in [4.69, 9.17) is 10.5 Å². The van der Waals surface area contributed by atoms with E-state index in [0.29, 0.717) is 52.3 Å². The van der Waals surface area contributed by atoms with E-state index in [-0.39, 0.29) is 11.8 Å². The lowest BCUT2D eigenvalue weighted by Crippen LogP contribution is -2.54. The molecule has 122 valence electrons. The van der Waals surface area contributed by atoms with Crippen LogP contribution in [0.3, 0.4) is 0 Å². The molecule has 3 N–H and O–H groups in total. The SMILES string of the molecule is CCCNC(=O)CN1CCN(C(=O)C(N)CCOC)CC1. The van der Waals surface area contributed by atoms with E-state index >= 15 is 0 Å². The zero-order chi connectivity index (χ0) is 15.7. The summed E-state index contributed by atoms with van der Waals surface area (Å²) in [6, 6.07) is -0.496. The third-order valence-corrected chi connectivity index (χ3v) is 3.57. The van der Waals surface area contributed by atoms with Crippen LogP contribution < -0.4 is 11.1 Å². The number of nitrogens with zero attached hydrogens (tertiary/aromatic N) is 2. The highest BCUT2D eigenvalue weighted by Gasteiger charge is 2.25. The molecule has 1 saturated heterocycles. The Balaban J connectivity index is 2.28. The molecule has 1 rings (SSSR count). The number of carbonyl (C=O) groups excluding carboxylic acids is 2. The fourth-order valence-electron chi connectivity index (χ4n) is 2.25. The van der Waals surface area contributed by atoms with Crippen LogP contribution in [0.25, 0.3) is 0 Å². The maximum Gasteiger partial charge on any atom is 0.239 e. The van der Waals surface area contributed by atoms with E-state index in [1.807, 2.05) is 6.92 Å². The van der Waals surface area contributed by atoms with Gasteiger partial charge in [-0.25, -0.2) is 0 Å². The van der Waals surface area contributed by atoms with Gasteiger partial charge in [-0.15, -0.1) is 0 Å². The van der Waals surface area contributed by atoms with Crippen LogP contribution in [0, 0.1) is 0 Å². The van der Waals surface area contributed by atoms with Crippen LogP contribution in [0.15, 0.2) is 0 Å². The highest BCUT2D eigenvalue weighted by atomic mass is 16.5. The van der Waals surface area contributed by atoms with Crippen molar-refractivity contribution in [2.75, 3.05) is 53.0 Å². The van der Waals surface area contributed by atoms with E-state index in [1.165, 1.54) is 0 Å². The number of hydrogen-bond donors (Lipinski definition) is 2. The molecule has 1 unspecified atom stereocenters. The molecule has 2 amide bonds. The van der Waals surface area contributed by atoms with Crippen LogP contribution >= 0.6 is 0 Å². The zero-order valence-corrected chi connectivity index (χ0v) is 13.1. The van der Waals surface area contributed by atoms with Gasteiger partial charge in [0.15, 0.2) is 0 Å². The average molecular weight is 300 g/mol. The normalized spacial score (nSPS) is 17.6. The first-order valence-electron chi connectivity index (χ1n) is 7.60. The lowest BCUT2D eigenvalue weighted by molar-refractivity contribution is -0.135. The molecule has 7 nitrogen and oxygen atoms in total. The predicted octanol–water partition coefficient (Wildman–Crippen LogP) is -0.979. The molecular weight excluding hydrogens is 272 g/mol. The van der Waals surface area contributed by atoms with E-state index in [0.717, 1.165) is 6.42 Å². The minimum atomic E-state index is -0.496. The van der Waals surface area contributed by atoms with E-state index in [9.17, 15) is 9.59 Å². The van der Waals surface area contributed by atoms with Crippen molar-refractivity contribution < 1.29 is 14.3 Å². The second-order valence-corrected chi connectivity index (χ2v) is 5.34. The summed E-state index contributed by atoms with van der Waals surface area (Å²) < 4.78 is 4.94. The fraction of sp³-hybridized carbons (Fsp3) is 0.857. The smallest absolute Gasteiger partial charge is 0.239 e. The largest absolute Gasteiger partial charge is 0.385 e. The number of nitrogens with one attached hydrogen (secondary N) is 1. The molecule has 7 heteroatoms. The summed E-state index contributed by atoms with van der Waals surface area (Å²) in [4.78, 5) is 27.6. The van der Waals surface area contributed by atoms with Crippen molar-refractivity contribution in [2.24, 2.45) is 5.73 Å². The Morgan fingerprint density at radius 1 is 1.29 bits per heavy atom. The van der Waals surface area contributed by atoms with Crippen LogP contribution in [0.5, 0.6) is 0 Å². The molecule has 0 bridgehead atoms. The Hall–Kier alpha value is -1.18. The van der Waals surface area contributed by atoms with Crippen molar-refractivity contribution in [1.29, 1.82) is 0 Å². The molecule has 21 heavy (non-hydrogen) atoms. The summed E-state index contributed by atoms with van der Waals surface area (Å²) >= 11 is 0. The van der Waals surface area contributed by atoms with Gasteiger partial charge in [0.2, 0.25) is 11.8 Å². The van der Waals surface area contributed by atoms with Crippen LogP contribution in [0.4, 0.5) is 0 Å². The second-order valence-electron chi connectivity index (χ2n) is 5.34. The van der Waals surface area contributed by atoms with Crippen molar-refractivity contribution in [3.05, 3.63) is 0 Å². The van der Waals surface area contributed by atoms with Gasteiger partial charge in [0.05, 0.1) is 12.6 Å². The summed E-state index contributed by atoms with van der Waals surface area (Å²) in [6.07, 6.45) is 1.47. The highest BCUT2D eigenvalue weighted by Crippen LogP contribution is 2.05. The third kappa shape index (κ3) is 6.41. The summed E-state index contributed by atoms with van der Waals surface area (Å²) in [5.41, 5.74) is 5.86. The molecule has 1 aliphatic heterocycles. The monoisotopic (exact) mass is 300 g/mol. The topological polar surface area (TPSA) is 87.9 Å². The van der Waals surface area contributed by atoms with Gasteiger partial charge >= 0.3 is 0 Å². The third-order valence-electron chi connectivity index (χ3n) is 3.57. The minimum Gasteiger partial charge on any atom is -0.385 e. The van der Waals surface area contributed by atoms with Crippen molar-refractivity contribution >= 4 is 11.8 Å². The number of amides is 2. The van der Waals surface area contributed by atoms with Gasteiger partial charge < -0.3 is 20.7 Å². The molecule has 1 heterocycles. The van der Waals surface area contributed by atoms with E-state index in [1.54, 1.807) is 12.0 Å². The Kier molecular flexibility index (Phi) is 8.26. The summed E-state index contributed by atoms with van der Waals surface area (Å²) in [6.45, 7) is 6.30. The number of nitrogens with two attached hydrogens (primary N) is 1. The molecule has 0 aromatic heterocycles. The van der Waals surface area contributed by atoms with Crippen molar-refractivity contribution in [3.63, 3.8) is 0 Å². The first-order chi connectivity index (χ1) is 10.1. The molecule has 1 aliphatic rings. The minimum absolute atomic E-state index is 0.0258. The average Bonchev–Trinajstić information content (AvgIpc) is 2.50. The van der Waals surface area contributed by atoms with Crippen LogP contribution in [-0.2, 0) is 14.3 Å². The molecule has 0 aliphatic carbocycles. The maximum atomic E-state index is 12.1. The van der Waals surface area contributed by atoms with Crippen LogP contribution in [0.1, 0.15) is 19.8 Å². The van der Waals surface area contributed by atoms with Crippen molar-refractivity contribution in [1.82, 2.24) is 15.1 Å². The van der Waals surface area contributed by atoms with Gasteiger partial charge in [-0.3, -0.25) is 14.5 Å². The summed E-state index contributed by atoms with van der Waals surface area (Å²) in [5, 5.41) is 2.86. The quantitative estimate of drug-likeness (QED) is 0.602. The van der Waals surface area contributed by atoms with Gasteiger partial charge in [0.25, 0.3) is 0 Å². The van der Waals surface area contributed by atoms with Crippen LogP contribution in [-0.4, -0.2) is 80.6 Å². The van der Waals surface area contributed by atoms with Crippen molar-refractivity contribution in [3.8, 4) is 0 Å². The summed E-state index contributed by atoms with van der Waals surface area (Å²) in [7, 11) is 1.60. The standard InChI is InChI=1S/C14H28N4O3/c1-3-5-16-13(19)11-17-6-8-18(9-7-17)14(20)12(15)4-10-21-2/h12H,3-11,15H2,1-2H3,(H,16,19). The number of rotatable bonds is 8. The van der Waals surface area contributed by atoms with Crippen molar-refractivity contribution in [2.45, 2.75) is 25.8 Å². The van der Waals surface area contributed by atoms with E-state index in [2.05, 4.69) is 10.2 Å². The van der Waals surface area contributed by atoms with Gasteiger partial charge in [-0.1, -0.05) is 6.92 Å². The molecule has 0 saturated carbocycles.